The number of hydrogen-bond acceptors (Lipinski definition) is 2. The standard InChI is InChI=1S/C17H18FNO.ClH/c1-2-10-19-12-14-6-5-8-16(11-14)20-13-15-7-3-4-9-17(15)18;/h2-9,11,19H,1,10,12-13H2;1H/p-1. The molecule has 2 rings (SSSR count). The minimum atomic E-state index is -0.240. The topological polar surface area (TPSA) is 21.3 Å². The van der Waals surface area contributed by atoms with E-state index in [4.69, 9.17) is 4.74 Å². The normalized spacial score (nSPS) is 9.76. The van der Waals surface area contributed by atoms with E-state index in [9.17, 15) is 4.39 Å². The van der Waals surface area contributed by atoms with Crippen molar-refractivity contribution >= 4 is 0 Å². The molecule has 0 radical (unpaired) electrons. The molecule has 2 aromatic carbocycles. The summed E-state index contributed by atoms with van der Waals surface area (Å²) in [4.78, 5) is 0. The van der Waals surface area contributed by atoms with Gasteiger partial charge in [-0.1, -0.05) is 36.4 Å². The molecule has 0 heterocycles. The molecular weight excluding hydrogens is 289 g/mol. The van der Waals surface area contributed by atoms with Gasteiger partial charge in [0.05, 0.1) is 0 Å². The van der Waals surface area contributed by atoms with E-state index < -0.39 is 0 Å². The van der Waals surface area contributed by atoms with E-state index >= 15 is 0 Å². The van der Waals surface area contributed by atoms with Gasteiger partial charge in [-0.2, -0.15) is 0 Å². The predicted molar refractivity (Wildman–Crippen MR) is 79.1 cm³/mol. The van der Waals surface area contributed by atoms with Crippen LogP contribution in [0.1, 0.15) is 11.1 Å². The second-order valence-electron chi connectivity index (χ2n) is 4.45. The van der Waals surface area contributed by atoms with E-state index in [-0.39, 0.29) is 24.8 Å². The van der Waals surface area contributed by atoms with Crippen LogP contribution in [0, 0.1) is 5.82 Å². The monoisotopic (exact) mass is 306 g/mol. The number of ether oxygens (including phenoxy) is 1. The van der Waals surface area contributed by atoms with Crippen molar-refractivity contribution in [1.29, 1.82) is 0 Å². The zero-order valence-electron chi connectivity index (χ0n) is 11.7. The summed E-state index contributed by atoms with van der Waals surface area (Å²) in [7, 11) is 0. The van der Waals surface area contributed by atoms with Gasteiger partial charge in [-0.15, -0.1) is 6.58 Å². The van der Waals surface area contributed by atoms with E-state index in [1.54, 1.807) is 18.2 Å². The van der Waals surface area contributed by atoms with Gasteiger partial charge >= 0.3 is 0 Å². The Hall–Kier alpha value is -1.84. The molecule has 0 saturated carbocycles. The van der Waals surface area contributed by atoms with Crippen LogP contribution in [0.4, 0.5) is 4.39 Å². The first-order chi connectivity index (χ1) is 9.79. The van der Waals surface area contributed by atoms with Gasteiger partial charge in [-0.05, 0) is 23.8 Å². The van der Waals surface area contributed by atoms with Gasteiger partial charge in [0.15, 0.2) is 0 Å². The van der Waals surface area contributed by atoms with Crippen LogP contribution in [-0.4, -0.2) is 6.54 Å². The Morgan fingerprint density at radius 2 is 1.95 bits per heavy atom. The number of hydrogen-bond donors (Lipinski definition) is 1. The Labute approximate surface area is 131 Å². The maximum atomic E-state index is 13.5. The maximum Gasteiger partial charge on any atom is 0.129 e. The van der Waals surface area contributed by atoms with Gasteiger partial charge in [-0.3, -0.25) is 0 Å². The van der Waals surface area contributed by atoms with Crippen LogP contribution in [0.2, 0.25) is 0 Å². The van der Waals surface area contributed by atoms with Crippen LogP contribution in [0.25, 0.3) is 0 Å². The molecule has 1 N–H and O–H groups in total. The second kappa shape index (κ2) is 9.16. The second-order valence-corrected chi connectivity index (χ2v) is 4.45. The van der Waals surface area contributed by atoms with Crippen molar-refractivity contribution in [3.63, 3.8) is 0 Å². The van der Waals surface area contributed by atoms with E-state index in [1.165, 1.54) is 6.07 Å². The lowest BCUT2D eigenvalue weighted by Gasteiger charge is -2.09. The molecule has 112 valence electrons. The molecule has 0 amide bonds. The third-order valence-electron chi connectivity index (χ3n) is 2.87. The molecule has 0 atom stereocenters. The molecular formula is C17H18ClFNO-. The minimum Gasteiger partial charge on any atom is -1.00 e. The molecule has 2 nitrogen and oxygen atoms in total. The highest BCUT2D eigenvalue weighted by atomic mass is 35.5. The minimum absolute atomic E-state index is 0. The van der Waals surface area contributed by atoms with E-state index in [1.807, 2.05) is 30.3 Å². The highest BCUT2D eigenvalue weighted by Gasteiger charge is 2.02. The zero-order valence-corrected chi connectivity index (χ0v) is 12.4. The Bertz CT molecular complexity index is 574. The summed E-state index contributed by atoms with van der Waals surface area (Å²) in [6, 6.07) is 14.4. The van der Waals surface area contributed by atoms with E-state index in [2.05, 4.69) is 11.9 Å². The summed E-state index contributed by atoms with van der Waals surface area (Å²) in [6.07, 6.45) is 1.82. The van der Waals surface area contributed by atoms with Crippen LogP contribution in [0.3, 0.4) is 0 Å². The molecule has 2 aromatic rings. The Morgan fingerprint density at radius 3 is 2.71 bits per heavy atom. The van der Waals surface area contributed by atoms with Crippen molar-refractivity contribution in [2.45, 2.75) is 13.2 Å². The third kappa shape index (κ3) is 5.58. The fourth-order valence-corrected chi connectivity index (χ4v) is 1.84. The smallest absolute Gasteiger partial charge is 0.129 e. The van der Waals surface area contributed by atoms with E-state index in [0.29, 0.717) is 5.56 Å². The van der Waals surface area contributed by atoms with Gasteiger partial charge in [0.2, 0.25) is 0 Å². The van der Waals surface area contributed by atoms with Crippen LogP contribution in [0.15, 0.2) is 61.2 Å². The van der Waals surface area contributed by atoms with Gasteiger partial charge in [0.1, 0.15) is 18.2 Å². The van der Waals surface area contributed by atoms with Crippen molar-refractivity contribution in [2.24, 2.45) is 0 Å². The quantitative estimate of drug-likeness (QED) is 0.600. The van der Waals surface area contributed by atoms with Crippen molar-refractivity contribution in [1.82, 2.24) is 5.32 Å². The lowest BCUT2D eigenvalue weighted by atomic mass is 10.2. The molecule has 21 heavy (non-hydrogen) atoms. The van der Waals surface area contributed by atoms with Crippen LogP contribution < -0.4 is 22.5 Å². The Morgan fingerprint density at radius 1 is 1.14 bits per heavy atom. The molecule has 4 heteroatoms. The summed E-state index contributed by atoms with van der Waals surface area (Å²) < 4.78 is 19.1. The number of benzene rings is 2. The van der Waals surface area contributed by atoms with Crippen LogP contribution in [0.5, 0.6) is 5.75 Å². The molecule has 0 aliphatic carbocycles. The maximum absolute atomic E-state index is 13.5. The van der Waals surface area contributed by atoms with Crippen LogP contribution >= 0.6 is 0 Å². The largest absolute Gasteiger partial charge is 1.00 e. The first-order valence-electron chi connectivity index (χ1n) is 6.56. The van der Waals surface area contributed by atoms with Crippen molar-refractivity contribution < 1.29 is 21.5 Å². The fraction of sp³-hybridized carbons (Fsp3) is 0.176. The highest BCUT2D eigenvalue weighted by molar-refractivity contribution is 5.29. The molecule has 0 bridgehead atoms. The number of halogens is 2. The average Bonchev–Trinajstić information content (AvgIpc) is 2.47. The molecule has 0 fully saturated rings. The SMILES string of the molecule is C=CCNCc1cccc(OCc2ccccc2F)c1.[Cl-]. The summed E-state index contributed by atoms with van der Waals surface area (Å²) >= 11 is 0. The van der Waals surface area contributed by atoms with Crippen molar-refractivity contribution in [2.75, 3.05) is 6.54 Å². The fourth-order valence-electron chi connectivity index (χ4n) is 1.84. The first-order valence-corrected chi connectivity index (χ1v) is 6.56. The summed E-state index contributed by atoms with van der Waals surface area (Å²) in [5.74, 6) is 0.502. The highest BCUT2D eigenvalue weighted by Crippen LogP contribution is 2.16. The van der Waals surface area contributed by atoms with Crippen LogP contribution in [-0.2, 0) is 13.2 Å². The first kappa shape index (κ1) is 17.2. The predicted octanol–water partition coefficient (Wildman–Crippen LogP) is 0.684. The third-order valence-corrected chi connectivity index (χ3v) is 2.87. The lowest BCUT2D eigenvalue weighted by Crippen LogP contribution is -3.00. The van der Waals surface area contributed by atoms with Crippen molar-refractivity contribution in [3.05, 3.63) is 78.1 Å². The number of rotatable bonds is 7. The van der Waals surface area contributed by atoms with Gasteiger partial charge in [0.25, 0.3) is 0 Å². The molecule has 0 aliphatic rings. The molecule has 0 unspecified atom stereocenters. The molecule has 0 spiro atoms. The van der Waals surface area contributed by atoms with E-state index in [0.717, 1.165) is 24.4 Å². The van der Waals surface area contributed by atoms with Gasteiger partial charge in [-0.25, -0.2) is 4.39 Å². The Balaban J connectivity index is 0.00000220. The zero-order chi connectivity index (χ0) is 14.2. The molecule has 0 saturated heterocycles. The number of nitrogens with one attached hydrogen (secondary N) is 1. The summed E-state index contributed by atoms with van der Waals surface area (Å²) in [5.41, 5.74) is 1.68. The average molecular weight is 307 g/mol. The molecule has 0 aliphatic heterocycles. The summed E-state index contributed by atoms with van der Waals surface area (Å²) in [6.45, 7) is 5.41. The Kier molecular flexibility index (Phi) is 7.51. The van der Waals surface area contributed by atoms with Crippen molar-refractivity contribution in [3.8, 4) is 5.75 Å². The lowest BCUT2D eigenvalue weighted by molar-refractivity contribution is -0.00000511. The van der Waals surface area contributed by atoms with Gasteiger partial charge in [0, 0.05) is 18.7 Å². The summed E-state index contributed by atoms with van der Waals surface area (Å²) in [5, 5.41) is 3.23. The van der Waals surface area contributed by atoms with Gasteiger partial charge < -0.3 is 22.5 Å². The molecule has 0 aromatic heterocycles.